The van der Waals surface area contributed by atoms with Gasteiger partial charge in [0.25, 0.3) is 0 Å². The minimum atomic E-state index is 0.110. The molecule has 0 aliphatic carbocycles. The highest BCUT2D eigenvalue weighted by atomic mass is 16.5. The standard InChI is InChI=1S/C17H19N3O2/c1-12-4-2-5-14(8-12)22-17-16(19)9-13(10-18)20(17)11-15-6-3-7-21-15/h2,4-5,8-9,15H,3,6-7,11,19H2,1H3. The van der Waals surface area contributed by atoms with Gasteiger partial charge < -0.3 is 15.2 Å². The van der Waals surface area contributed by atoms with Crippen molar-refractivity contribution in [3.05, 3.63) is 41.6 Å². The average Bonchev–Trinajstić information content (AvgIpc) is 3.10. The highest BCUT2D eigenvalue weighted by molar-refractivity contribution is 5.56. The quantitative estimate of drug-likeness (QED) is 0.940. The number of ether oxygens (including phenoxy) is 2. The van der Waals surface area contributed by atoms with Crippen molar-refractivity contribution >= 4 is 5.69 Å². The number of anilines is 1. The molecule has 2 heterocycles. The van der Waals surface area contributed by atoms with Crippen LogP contribution in [0.25, 0.3) is 0 Å². The number of nitrogens with two attached hydrogens (primary N) is 1. The van der Waals surface area contributed by atoms with Gasteiger partial charge in [-0.25, -0.2) is 0 Å². The third kappa shape index (κ3) is 2.92. The number of hydrogen-bond acceptors (Lipinski definition) is 4. The van der Waals surface area contributed by atoms with E-state index in [1.165, 1.54) is 0 Å². The number of aryl methyl sites for hydroxylation is 1. The van der Waals surface area contributed by atoms with Gasteiger partial charge in [-0.1, -0.05) is 12.1 Å². The van der Waals surface area contributed by atoms with Crippen molar-refractivity contribution in [2.45, 2.75) is 32.4 Å². The predicted molar refractivity (Wildman–Crippen MR) is 83.8 cm³/mol. The fourth-order valence-corrected chi connectivity index (χ4v) is 2.72. The predicted octanol–water partition coefficient (Wildman–Crippen LogP) is 3.22. The van der Waals surface area contributed by atoms with E-state index >= 15 is 0 Å². The second kappa shape index (κ2) is 6.12. The monoisotopic (exact) mass is 297 g/mol. The molecule has 1 unspecified atom stereocenters. The third-order valence-corrected chi connectivity index (χ3v) is 3.80. The van der Waals surface area contributed by atoms with Gasteiger partial charge in [0.1, 0.15) is 17.5 Å². The lowest BCUT2D eigenvalue weighted by Crippen LogP contribution is -2.16. The number of hydrogen-bond donors (Lipinski definition) is 1. The summed E-state index contributed by atoms with van der Waals surface area (Å²) in [6.07, 6.45) is 2.16. The zero-order valence-corrected chi connectivity index (χ0v) is 12.6. The molecule has 1 aliphatic heterocycles. The molecule has 0 radical (unpaired) electrons. The first kappa shape index (κ1) is 14.5. The van der Waals surface area contributed by atoms with E-state index in [0.717, 1.165) is 25.0 Å². The molecule has 3 rings (SSSR count). The summed E-state index contributed by atoms with van der Waals surface area (Å²) >= 11 is 0. The molecule has 1 atom stereocenters. The molecule has 1 fully saturated rings. The van der Waals surface area contributed by atoms with Crippen molar-refractivity contribution in [3.8, 4) is 17.7 Å². The number of nitrogen functional groups attached to an aromatic ring is 1. The van der Waals surface area contributed by atoms with Crippen LogP contribution in [0.5, 0.6) is 11.6 Å². The number of nitriles is 1. The van der Waals surface area contributed by atoms with E-state index in [0.29, 0.717) is 29.6 Å². The molecule has 1 aliphatic rings. The van der Waals surface area contributed by atoms with E-state index in [2.05, 4.69) is 6.07 Å². The van der Waals surface area contributed by atoms with Crippen LogP contribution in [0.4, 0.5) is 5.69 Å². The van der Waals surface area contributed by atoms with Gasteiger partial charge in [-0.3, -0.25) is 4.57 Å². The Morgan fingerprint density at radius 3 is 3.00 bits per heavy atom. The summed E-state index contributed by atoms with van der Waals surface area (Å²) in [5.41, 5.74) is 8.11. The summed E-state index contributed by atoms with van der Waals surface area (Å²) in [6, 6.07) is 11.6. The fourth-order valence-electron chi connectivity index (χ4n) is 2.72. The molecule has 1 saturated heterocycles. The average molecular weight is 297 g/mol. The first-order chi connectivity index (χ1) is 10.7. The molecule has 22 heavy (non-hydrogen) atoms. The minimum absolute atomic E-state index is 0.110. The first-order valence-electron chi connectivity index (χ1n) is 7.42. The summed E-state index contributed by atoms with van der Waals surface area (Å²) in [5.74, 6) is 1.22. The fraction of sp³-hybridized carbons (Fsp3) is 0.353. The molecule has 114 valence electrons. The molecule has 0 spiro atoms. The lowest BCUT2D eigenvalue weighted by atomic mass is 10.2. The number of aromatic nitrogens is 1. The SMILES string of the molecule is Cc1cccc(Oc2c(N)cc(C#N)n2CC2CCCO2)c1. The van der Waals surface area contributed by atoms with E-state index in [9.17, 15) is 5.26 Å². The third-order valence-electron chi connectivity index (χ3n) is 3.80. The largest absolute Gasteiger partial charge is 0.439 e. The van der Waals surface area contributed by atoms with Gasteiger partial charge in [0.15, 0.2) is 0 Å². The zero-order valence-electron chi connectivity index (χ0n) is 12.6. The summed E-state index contributed by atoms with van der Waals surface area (Å²) in [5, 5.41) is 9.32. The van der Waals surface area contributed by atoms with Gasteiger partial charge in [0.2, 0.25) is 5.88 Å². The molecule has 0 bridgehead atoms. The van der Waals surface area contributed by atoms with Gasteiger partial charge in [-0.05, 0) is 37.5 Å². The Balaban J connectivity index is 1.92. The van der Waals surface area contributed by atoms with Gasteiger partial charge in [0.05, 0.1) is 18.3 Å². The van der Waals surface area contributed by atoms with Crippen LogP contribution in [0, 0.1) is 18.3 Å². The minimum Gasteiger partial charge on any atom is -0.439 e. The highest BCUT2D eigenvalue weighted by Gasteiger charge is 2.22. The lowest BCUT2D eigenvalue weighted by molar-refractivity contribution is 0.0952. The van der Waals surface area contributed by atoms with Crippen LogP contribution in [0.15, 0.2) is 30.3 Å². The smallest absolute Gasteiger partial charge is 0.224 e. The molecule has 2 aromatic rings. The summed E-state index contributed by atoms with van der Waals surface area (Å²) in [7, 11) is 0. The van der Waals surface area contributed by atoms with Crippen LogP contribution in [0.2, 0.25) is 0 Å². The lowest BCUT2D eigenvalue weighted by Gasteiger charge is -2.16. The van der Waals surface area contributed by atoms with Crippen molar-refractivity contribution in [3.63, 3.8) is 0 Å². The van der Waals surface area contributed by atoms with E-state index in [4.69, 9.17) is 15.2 Å². The molecular weight excluding hydrogens is 278 g/mol. The molecule has 1 aromatic carbocycles. The van der Waals surface area contributed by atoms with Crippen LogP contribution < -0.4 is 10.5 Å². The summed E-state index contributed by atoms with van der Waals surface area (Å²) in [4.78, 5) is 0. The Morgan fingerprint density at radius 1 is 1.45 bits per heavy atom. The summed E-state index contributed by atoms with van der Waals surface area (Å²) < 4.78 is 13.4. The first-order valence-corrected chi connectivity index (χ1v) is 7.42. The van der Waals surface area contributed by atoms with E-state index < -0.39 is 0 Å². The second-order valence-corrected chi connectivity index (χ2v) is 5.57. The Labute approximate surface area is 129 Å². The molecule has 5 heteroatoms. The van der Waals surface area contributed by atoms with E-state index in [1.54, 1.807) is 6.07 Å². The van der Waals surface area contributed by atoms with Gasteiger partial charge in [-0.15, -0.1) is 0 Å². The maximum atomic E-state index is 9.32. The van der Waals surface area contributed by atoms with E-state index in [1.807, 2.05) is 35.8 Å². The van der Waals surface area contributed by atoms with Gasteiger partial charge in [-0.2, -0.15) is 5.26 Å². The van der Waals surface area contributed by atoms with Crippen molar-refractivity contribution in [2.24, 2.45) is 0 Å². The van der Waals surface area contributed by atoms with Crippen molar-refractivity contribution < 1.29 is 9.47 Å². The van der Waals surface area contributed by atoms with Crippen LogP contribution >= 0.6 is 0 Å². The topological polar surface area (TPSA) is 73.2 Å². The van der Waals surface area contributed by atoms with Gasteiger partial charge in [0, 0.05) is 12.7 Å². The van der Waals surface area contributed by atoms with Crippen molar-refractivity contribution in [2.75, 3.05) is 12.3 Å². The molecule has 1 aromatic heterocycles. The van der Waals surface area contributed by atoms with Crippen LogP contribution in [0.3, 0.4) is 0 Å². The van der Waals surface area contributed by atoms with Crippen LogP contribution in [0.1, 0.15) is 24.1 Å². The number of nitrogens with zero attached hydrogens (tertiary/aromatic N) is 2. The van der Waals surface area contributed by atoms with Crippen molar-refractivity contribution in [1.29, 1.82) is 5.26 Å². The Hall–Kier alpha value is -2.45. The Kier molecular flexibility index (Phi) is 4.03. The van der Waals surface area contributed by atoms with Crippen LogP contribution in [-0.2, 0) is 11.3 Å². The van der Waals surface area contributed by atoms with Crippen molar-refractivity contribution in [1.82, 2.24) is 4.57 Å². The maximum absolute atomic E-state index is 9.32. The Morgan fingerprint density at radius 2 is 2.32 bits per heavy atom. The molecule has 0 amide bonds. The normalized spacial score (nSPS) is 17.4. The second-order valence-electron chi connectivity index (χ2n) is 5.57. The number of benzene rings is 1. The molecule has 2 N–H and O–H groups in total. The molecule has 0 saturated carbocycles. The number of rotatable bonds is 4. The summed E-state index contributed by atoms with van der Waals surface area (Å²) in [6.45, 7) is 3.36. The maximum Gasteiger partial charge on any atom is 0.224 e. The zero-order chi connectivity index (χ0) is 15.5. The highest BCUT2D eigenvalue weighted by Crippen LogP contribution is 2.32. The molecular formula is C17H19N3O2. The Bertz CT molecular complexity index is 709. The van der Waals surface area contributed by atoms with Gasteiger partial charge >= 0.3 is 0 Å². The molecule has 5 nitrogen and oxygen atoms in total. The van der Waals surface area contributed by atoms with Crippen LogP contribution in [-0.4, -0.2) is 17.3 Å². The van der Waals surface area contributed by atoms with E-state index in [-0.39, 0.29) is 6.10 Å².